The number of rotatable bonds is 4. The van der Waals surface area contributed by atoms with Crippen molar-refractivity contribution < 1.29 is 5.11 Å². The Kier molecular flexibility index (Phi) is 3.94. The monoisotopic (exact) mass is 284 g/mol. The topological polar surface area (TPSA) is 45.1 Å². The Morgan fingerprint density at radius 2 is 2.11 bits per heavy atom. The number of nitrogens with zero attached hydrogens (tertiary/aromatic N) is 1. The number of aromatic nitrogens is 1. The number of aliphatic hydroxyl groups is 1. The number of hydrogen-bond acceptors (Lipinski definition) is 5. The van der Waals surface area contributed by atoms with Crippen molar-refractivity contribution in [2.45, 2.75) is 44.2 Å². The van der Waals surface area contributed by atoms with E-state index in [1.54, 1.807) is 0 Å². The molecular formula is C13H20N2OS2. The normalized spacial score (nSPS) is 22.1. The van der Waals surface area contributed by atoms with Crippen molar-refractivity contribution in [2.24, 2.45) is 0 Å². The molecule has 2 heterocycles. The lowest BCUT2D eigenvalue weighted by molar-refractivity contribution is 0.0320. The molecule has 0 spiro atoms. The first-order valence-corrected chi connectivity index (χ1v) is 8.71. The van der Waals surface area contributed by atoms with Crippen LogP contribution >= 0.6 is 23.1 Å². The van der Waals surface area contributed by atoms with E-state index in [2.05, 4.69) is 10.3 Å². The number of fused-ring (bicyclic) bond motifs is 1. The average Bonchev–Trinajstić information content (AvgIpc) is 2.90. The summed E-state index contributed by atoms with van der Waals surface area (Å²) in [4.78, 5) is 6.15. The Morgan fingerprint density at radius 3 is 2.89 bits per heavy atom. The molecule has 0 aromatic carbocycles. The van der Waals surface area contributed by atoms with Crippen LogP contribution in [0.2, 0.25) is 0 Å². The Labute approximate surface area is 116 Å². The highest BCUT2D eigenvalue weighted by atomic mass is 32.2. The summed E-state index contributed by atoms with van der Waals surface area (Å²) in [7, 11) is 0. The van der Waals surface area contributed by atoms with E-state index in [0.717, 1.165) is 37.3 Å². The van der Waals surface area contributed by atoms with Gasteiger partial charge in [0.2, 0.25) is 0 Å². The van der Waals surface area contributed by atoms with Gasteiger partial charge in [0, 0.05) is 18.0 Å². The third-order valence-electron chi connectivity index (χ3n) is 3.79. The summed E-state index contributed by atoms with van der Waals surface area (Å²) in [5.41, 5.74) is 0.843. The van der Waals surface area contributed by atoms with Crippen molar-refractivity contribution in [3.05, 3.63) is 15.6 Å². The highest BCUT2D eigenvalue weighted by molar-refractivity contribution is 7.99. The molecule has 1 saturated heterocycles. The lowest BCUT2D eigenvalue weighted by Crippen LogP contribution is -2.43. The van der Waals surface area contributed by atoms with Crippen LogP contribution in [-0.4, -0.2) is 33.7 Å². The molecule has 1 aromatic heterocycles. The summed E-state index contributed by atoms with van der Waals surface area (Å²) in [5.74, 6) is 2.17. The van der Waals surface area contributed by atoms with Gasteiger partial charge in [0.05, 0.1) is 11.3 Å². The molecule has 0 amide bonds. The summed E-state index contributed by atoms with van der Waals surface area (Å²) in [6.45, 7) is 1.52. The molecule has 100 valence electrons. The zero-order chi connectivity index (χ0) is 12.4. The molecule has 0 bridgehead atoms. The summed E-state index contributed by atoms with van der Waals surface area (Å²) in [5, 5.41) is 15.0. The van der Waals surface area contributed by atoms with Crippen LogP contribution in [0.3, 0.4) is 0 Å². The minimum Gasteiger partial charge on any atom is -0.389 e. The van der Waals surface area contributed by atoms with Crippen LogP contribution in [0.1, 0.15) is 34.8 Å². The Balaban J connectivity index is 1.49. The van der Waals surface area contributed by atoms with Gasteiger partial charge in [-0.1, -0.05) is 0 Å². The molecule has 0 saturated carbocycles. The van der Waals surface area contributed by atoms with E-state index in [-0.39, 0.29) is 0 Å². The van der Waals surface area contributed by atoms with E-state index >= 15 is 0 Å². The molecule has 1 aromatic rings. The third-order valence-corrected chi connectivity index (χ3v) is 5.94. The third kappa shape index (κ3) is 2.90. The summed E-state index contributed by atoms with van der Waals surface area (Å²) >= 11 is 3.79. The predicted molar refractivity (Wildman–Crippen MR) is 77.4 cm³/mol. The van der Waals surface area contributed by atoms with Gasteiger partial charge in [-0.25, -0.2) is 4.98 Å². The molecular weight excluding hydrogens is 264 g/mol. The van der Waals surface area contributed by atoms with Gasteiger partial charge in [0.15, 0.2) is 0 Å². The van der Waals surface area contributed by atoms with Crippen LogP contribution in [0.15, 0.2) is 0 Å². The molecule has 3 rings (SSSR count). The second-order valence-corrected chi connectivity index (χ2v) is 7.66. The van der Waals surface area contributed by atoms with Crippen LogP contribution in [0.25, 0.3) is 0 Å². The Hall–Kier alpha value is -0.100. The van der Waals surface area contributed by atoms with Gasteiger partial charge in [0.1, 0.15) is 5.01 Å². The van der Waals surface area contributed by atoms with E-state index in [9.17, 15) is 5.11 Å². The molecule has 0 atom stereocenters. The van der Waals surface area contributed by atoms with E-state index < -0.39 is 5.60 Å². The fourth-order valence-corrected chi connectivity index (χ4v) is 5.03. The second kappa shape index (κ2) is 5.49. The number of hydrogen-bond donors (Lipinski definition) is 2. The first-order chi connectivity index (χ1) is 8.75. The summed E-state index contributed by atoms with van der Waals surface area (Å²) in [6, 6.07) is 0. The van der Waals surface area contributed by atoms with Crippen molar-refractivity contribution >= 4 is 23.1 Å². The smallest absolute Gasteiger partial charge is 0.107 e. The van der Waals surface area contributed by atoms with E-state index in [1.165, 1.54) is 28.4 Å². The lowest BCUT2D eigenvalue weighted by Gasteiger charge is -2.31. The first-order valence-electron chi connectivity index (χ1n) is 6.73. The predicted octanol–water partition coefficient (Wildman–Crippen LogP) is 1.98. The van der Waals surface area contributed by atoms with Crippen LogP contribution < -0.4 is 5.32 Å². The highest BCUT2D eigenvalue weighted by Gasteiger charge is 2.29. The van der Waals surface area contributed by atoms with Crippen molar-refractivity contribution in [3.63, 3.8) is 0 Å². The molecule has 1 fully saturated rings. The van der Waals surface area contributed by atoms with Crippen LogP contribution in [-0.2, 0) is 19.4 Å². The van der Waals surface area contributed by atoms with Gasteiger partial charge in [-0.15, -0.1) is 11.3 Å². The van der Waals surface area contributed by atoms with Gasteiger partial charge >= 0.3 is 0 Å². The van der Waals surface area contributed by atoms with Crippen LogP contribution in [0, 0.1) is 0 Å². The van der Waals surface area contributed by atoms with Crippen molar-refractivity contribution in [1.29, 1.82) is 0 Å². The minimum atomic E-state index is -0.481. The van der Waals surface area contributed by atoms with Gasteiger partial charge in [-0.3, -0.25) is 0 Å². The highest BCUT2D eigenvalue weighted by Crippen LogP contribution is 2.28. The van der Waals surface area contributed by atoms with E-state index in [1.807, 2.05) is 23.1 Å². The summed E-state index contributed by atoms with van der Waals surface area (Å²) in [6.07, 6.45) is 5.48. The van der Waals surface area contributed by atoms with Gasteiger partial charge < -0.3 is 10.4 Å². The maximum absolute atomic E-state index is 10.4. The molecule has 2 N–H and O–H groups in total. The van der Waals surface area contributed by atoms with Gasteiger partial charge in [0.25, 0.3) is 0 Å². The lowest BCUT2D eigenvalue weighted by atomic mass is 9.97. The molecule has 1 aliphatic heterocycles. The van der Waals surface area contributed by atoms with Crippen molar-refractivity contribution in [2.75, 3.05) is 18.1 Å². The zero-order valence-electron chi connectivity index (χ0n) is 10.6. The zero-order valence-corrected chi connectivity index (χ0v) is 12.2. The van der Waals surface area contributed by atoms with Gasteiger partial charge in [-0.2, -0.15) is 11.8 Å². The minimum absolute atomic E-state index is 0.481. The maximum Gasteiger partial charge on any atom is 0.107 e. The SMILES string of the molecule is OC1(CNCc2nc3c(s2)CCC3)CCSCC1. The quantitative estimate of drug-likeness (QED) is 0.887. The van der Waals surface area contributed by atoms with Gasteiger partial charge in [-0.05, 0) is 43.6 Å². The molecule has 5 heteroatoms. The fraction of sp³-hybridized carbons (Fsp3) is 0.769. The maximum atomic E-state index is 10.4. The summed E-state index contributed by atoms with van der Waals surface area (Å²) < 4.78 is 0. The molecule has 3 nitrogen and oxygen atoms in total. The number of aryl methyl sites for hydroxylation is 2. The molecule has 18 heavy (non-hydrogen) atoms. The number of nitrogens with one attached hydrogen (secondary N) is 1. The molecule has 2 aliphatic rings. The average molecular weight is 284 g/mol. The van der Waals surface area contributed by atoms with Crippen LogP contribution in [0.4, 0.5) is 0 Å². The Morgan fingerprint density at radius 1 is 1.28 bits per heavy atom. The first kappa shape index (κ1) is 12.9. The van der Waals surface area contributed by atoms with E-state index in [0.29, 0.717) is 6.54 Å². The second-order valence-electron chi connectivity index (χ2n) is 5.27. The Bertz CT molecular complexity index is 392. The molecule has 0 unspecified atom stereocenters. The number of thiazole rings is 1. The van der Waals surface area contributed by atoms with E-state index in [4.69, 9.17) is 0 Å². The largest absolute Gasteiger partial charge is 0.389 e. The van der Waals surface area contributed by atoms with Crippen molar-refractivity contribution in [1.82, 2.24) is 10.3 Å². The molecule has 1 aliphatic carbocycles. The van der Waals surface area contributed by atoms with Crippen LogP contribution in [0.5, 0.6) is 0 Å². The number of thioether (sulfide) groups is 1. The molecule has 0 radical (unpaired) electrons. The fourth-order valence-electron chi connectivity index (χ4n) is 2.65. The standard InChI is InChI=1S/C13H20N2OS2/c16-13(4-6-17-7-5-13)9-14-8-12-15-10-2-1-3-11(10)18-12/h14,16H,1-9H2. The van der Waals surface area contributed by atoms with Crippen molar-refractivity contribution in [3.8, 4) is 0 Å².